The minimum atomic E-state index is -0.587. The highest BCUT2D eigenvalue weighted by Gasteiger charge is 2.21. The van der Waals surface area contributed by atoms with Gasteiger partial charge in [-0.2, -0.15) is 0 Å². The largest absolute Gasteiger partial charge is 0.465 e. The number of rotatable bonds is 6. The van der Waals surface area contributed by atoms with Crippen LogP contribution in [0.2, 0.25) is 0 Å². The van der Waals surface area contributed by atoms with E-state index in [2.05, 4.69) is 5.32 Å². The van der Waals surface area contributed by atoms with E-state index >= 15 is 0 Å². The number of hydrogen-bond donors (Lipinski definition) is 1. The molecule has 0 fully saturated rings. The van der Waals surface area contributed by atoms with Gasteiger partial charge in [0.1, 0.15) is 22.8 Å². The second-order valence-corrected chi connectivity index (χ2v) is 6.25. The maximum atomic E-state index is 12.3. The van der Waals surface area contributed by atoms with Crippen LogP contribution >= 0.6 is 0 Å². The molecule has 6 nitrogen and oxygen atoms in total. The molecule has 0 saturated carbocycles. The van der Waals surface area contributed by atoms with Crippen molar-refractivity contribution in [3.05, 3.63) is 77.2 Å². The lowest BCUT2D eigenvalue weighted by Crippen LogP contribution is -2.21. The molecule has 1 N–H and O–H groups in total. The quantitative estimate of drug-likeness (QED) is 0.623. The molecule has 0 aliphatic carbocycles. The topological polar surface area (TPSA) is 77.8 Å². The minimum absolute atomic E-state index is 0.359. The fraction of sp³-hybridized carbons (Fsp3) is 0.182. The van der Waals surface area contributed by atoms with E-state index in [9.17, 15) is 9.59 Å². The van der Waals surface area contributed by atoms with Crippen molar-refractivity contribution < 1.29 is 23.5 Å². The second-order valence-electron chi connectivity index (χ2n) is 6.25. The van der Waals surface area contributed by atoms with E-state index in [4.69, 9.17) is 13.9 Å². The molecule has 1 heterocycles. The summed E-state index contributed by atoms with van der Waals surface area (Å²) in [6.45, 7) is 4.82. The Kier molecular flexibility index (Phi) is 5.79. The Morgan fingerprint density at radius 1 is 0.929 bits per heavy atom. The first-order valence-corrected chi connectivity index (χ1v) is 8.81. The number of aryl methyl sites for hydroxylation is 2. The highest BCUT2D eigenvalue weighted by molar-refractivity contribution is 5.97. The zero-order chi connectivity index (χ0) is 20.1. The van der Waals surface area contributed by atoms with Crippen LogP contribution in [0.15, 0.2) is 59.0 Å². The van der Waals surface area contributed by atoms with Crippen molar-refractivity contribution in [2.24, 2.45) is 0 Å². The van der Waals surface area contributed by atoms with Crippen molar-refractivity contribution in [3.63, 3.8) is 0 Å². The van der Waals surface area contributed by atoms with Crippen LogP contribution in [-0.2, 0) is 9.53 Å². The molecular weight excluding hydrogens is 358 g/mol. The van der Waals surface area contributed by atoms with Crippen LogP contribution in [-0.4, -0.2) is 18.5 Å². The van der Waals surface area contributed by atoms with E-state index in [0.29, 0.717) is 39.8 Å². The lowest BCUT2D eigenvalue weighted by Gasteiger charge is -2.12. The standard InChI is InChI=1S/C22H21NO5/c1-14-15(2)27-16(3)21(14)22(25)26-13-20(24)23-18-11-7-8-12-19(18)28-17-9-5-4-6-10-17/h4-12H,13H2,1-3H3,(H,23,24). The number of nitrogens with one attached hydrogen (secondary N) is 1. The number of benzene rings is 2. The van der Waals surface area contributed by atoms with Crippen LogP contribution < -0.4 is 10.1 Å². The van der Waals surface area contributed by atoms with Crippen LogP contribution in [0.25, 0.3) is 0 Å². The number of furan rings is 1. The molecule has 0 saturated heterocycles. The molecule has 0 spiro atoms. The third-order valence-electron chi connectivity index (χ3n) is 4.23. The van der Waals surface area contributed by atoms with Crippen LogP contribution in [0.5, 0.6) is 11.5 Å². The van der Waals surface area contributed by atoms with Gasteiger partial charge in [-0.05, 0) is 45.0 Å². The lowest BCUT2D eigenvalue weighted by molar-refractivity contribution is -0.119. The Bertz CT molecular complexity index is 991. The normalized spacial score (nSPS) is 10.4. The summed E-state index contributed by atoms with van der Waals surface area (Å²) in [6, 6.07) is 16.3. The molecule has 3 rings (SSSR count). The molecule has 1 amide bonds. The van der Waals surface area contributed by atoms with Crippen molar-refractivity contribution in [2.45, 2.75) is 20.8 Å². The number of amides is 1. The van der Waals surface area contributed by atoms with Gasteiger partial charge in [-0.25, -0.2) is 4.79 Å². The number of carbonyl (C=O) groups excluding carboxylic acids is 2. The van der Waals surface area contributed by atoms with Gasteiger partial charge in [-0.15, -0.1) is 0 Å². The SMILES string of the molecule is Cc1oc(C)c(C(=O)OCC(=O)Nc2ccccc2Oc2ccccc2)c1C. The Morgan fingerprint density at radius 2 is 1.61 bits per heavy atom. The van der Waals surface area contributed by atoms with Crippen LogP contribution in [0.4, 0.5) is 5.69 Å². The van der Waals surface area contributed by atoms with Gasteiger partial charge in [0.2, 0.25) is 0 Å². The van der Waals surface area contributed by atoms with Gasteiger partial charge in [0.25, 0.3) is 5.91 Å². The van der Waals surface area contributed by atoms with E-state index in [1.54, 1.807) is 45.0 Å². The summed E-state index contributed by atoms with van der Waals surface area (Å²) in [5.41, 5.74) is 1.56. The minimum Gasteiger partial charge on any atom is -0.465 e. The van der Waals surface area contributed by atoms with Gasteiger partial charge in [0, 0.05) is 5.56 Å². The molecule has 0 aliphatic rings. The molecule has 0 atom stereocenters. The molecule has 144 valence electrons. The molecule has 28 heavy (non-hydrogen) atoms. The zero-order valence-electron chi connectivity index (χ0n) is 15.9. The molecule has 1 aromatic heterocycles. The molecule has 0 aliphatic heterocycles. The van der Waals surface area contributed by atoms with Gasteiger partial charge >= 0.3 is 5.97 Å². The maximum Gasteiger partial charge on any atom is 0.342 e. The van der Waals surface area contributed by atoms with E-state index in [1.807, 2.05) is 30.3 Å². The Labute approximate surface area is 163 Å². The van der Waals surface area contributed by atoms with Gasteiger partial charge < -0.3 is 19.2 Å². The molecule has 0 bridgehead atoms. The van der Waals surface area contributed by atoms with E-state index in [0.717, 1.165) is 0 Å². The summed E-state index contributed by atoms with van der Waals surface area (Å²) in [4.78, 5) is 24.5. The fourth-order valence-electron chi connectivity index (χ4n) is 2.76. The first-order valence-electron chi connectivity index (χ1n) is 8.81. The van der Waals surface area contributed by atoms with Gasteiger partial charge in [0.05, 0.1) is 5.69 Å². The number of para-hydroxylation sites is 3. The summed E-state index contributed by atoms with van der Waals surface area (Å²) in [5, 5.41) is 2.71. The molecule has 3 aromatic rings. The summed E-state index contributed by atoms with van der Waals surface area (Å²) in [7, 11) is 0. The van der Waals surface area contributed by atoms with Gasteiger partial charge in [-0.1, -0.05) is 30.3 Å². The van der Waals surface area contributed by atoms with Crippen LogP contribution in [0.3, 0.4) is 0 Å². The van der Waals surface area contributed by atoms with Gasteiger partial charge in [0.15, 0.2) is 12.4 Å². The average Bonchev–Trinajstić information content (AvgIpc) is 2.94. The van der Waals surface area contributed by atoms with Crippen molar-refractivity contribution in [3.8, 4) is 11.5 Å². The third-order valence-corrected chi connectivity index (χ3v) is 4.23. The van der Waals surface area contributed by atoms with E-state index < -0.39 is 18.5 Å². The first-order chi connectivity index (χ1) is 13.5. The average molecular weight is 379 g/mol. The zero-order valence-corrected chi connectivity index (χ0v) is 15.9. The molecule has 0 unspecified atom stereocenters. The highest BCUT2D eigenvalue weighted by atomic mass is 16.5. The van der Waals surface area contributed by atoms with Crippen molar-refractivity contribution in [1.82, 2.24) is 0 Å². The first kappa shape index (κ1) is 19.2. The Balaban J connectivity index is 1.63. The van der Waals surface area contributed by atoms with Crippen LogP contribution in [0.1, 0.15) is 27.4 Å². The predicted octanol–water partition coefficient (Wildman–Crippen LogP) is 4.79. The van der Waals surface area contributed by atoms with Crippen LogP contribution in [0, 0.1) is 20.8 Å². The summed E-state index contributed by atoms with van der Waals surface area (Å²) in [5.74, 6) is 1.22. The number of ether oxygens (including phenoxy) is 2. The Morgan fingerprint density at radius 3 is 2.29 bits per heavy atom. The monoisotopic (exact) mass is 379 g/mol. The summed E-state index contributed by atoms with van der Waals surface area (Å²) >= 11 is 0. The fourth-order valence-corrected chi connectivity index (χ4v) is 2.76. The highest BCUT2D eigenvalue weighted by Crippen LogP contribution is 2.29. The van der Waals surface area contributed by atoms with E-state index in [1.165, 1.54) is 0 Å². The summed E-state index contributed by atoms with van der Waals surface area (Å²) < 4.78 is 16.4. The van der Waals surface area contributed by atoms with Gasteiger partial charge in [-0.3, -0.25) is 4.79 Å². The lowest BCUT2D eigenvalue weighted by atomic mass is 10.1. The van der Waals surface area contributed by atoms with Crippen molar-refractivity contribution >= 4 is 17.6 Å². The third kappa shape index (κ3) is 4.40. The second kappa shape index (κ2) is 8.43. The molecule has 2 aromatic carbocycles. The number of esters is 1. The number of carbonyl (C=O) groups is 2. The molecule has 0 radical (unpaired) electrons. The smallest absolute Gasteiger partial charge is 0.342 e. The predicted molar refractivity (Wildman–Crippen MR) is 105 cm³/mol. The van der Waals surface area contributed by atoms with E-state index in [-0.39, 0.29) is 0 Å². The summed E-state index contributed by atoms with van der Waals surface area (Å²) in [6.07, 6.45) is 0. The van der Waals surface area contributed by atoms with Crippen molar-refractivity contribution in [1.29, 1.82) is 0 Å². The maximum absolute atomic E-state index is 12.3. The number of hydrogen-bond acceptors (Lipinski definition) is 5. The molecule has 6 heteroatoms. The van der Waals surface area contributed by atoms with Crippen molar-refractivity contribution in [2.75, 3.05) is 11.9 Å². The number of anilines is 1. The molecular formula is C22H21NO5. The Hall–Kier alpha value is -3.54.